The molecule has 0 unspecified atom stereocenters. The summed E-state index contributed by atoms with van der Waals surface area (Å²) in [5, 5.41) is 2.04. The van der Waals surface area contributed by atoms with Crippen LogP contribution in [0.4, 0.5) is 13.2 Å². The highest BCUT2D eigenvalue weighted by atomic mass is 35.5. The summed E-state index contributed by atoms with van der Waals surface area (Å²) in [7, 11) is 1.23. The minimum absolute atomic E-state index is 0.490. The number of nitrogens with zero attached hydrogens (tertiary/aromatic N) is 3. The molecule has 40 heavy (non-hydrogen) atoms. The zero-order chi connectivity index (χ0) is 28.8. The van der Waals surface area contributed by atoms with Crippen molar-refractivity contribution in [1.82, 2.24) is 9.58 Å². The summed E-state index contributed by atoms with van der Waals surface area (Å²) < 4.78 is 53.4. The van der Waals surface area contributed by atoms with E-state index in [0.717, 1.165) is 34.6 Å². The molecule has 1 aromatic heterocycles. The van der Waals surface area contributed by atoms with Crippen LogP contribution in [-0.4, -0.2) is 54.1 Å². The maximum Gasteiger partial charge on any atom is 0.408 e. The smallest absolute Gasteiger partial charge is 0.408 e. The Hall–Kier alpha value is -3.48. The van der Waals surface area contributed by atoms with Crippen LogP contribution >= 0.6 is 23.4 Å². The number of benzene rings is 2. The highest BCUT2D eigenvalue weighted by Gasteiger charge is 2.48. The third kappa shape index (κ3) is 4.95. The predicted octanol–water partition coefficient (Wildman–Crippen LogP) is 4.75. The van der Waals surface area contributed by atoms with Gasteiger partial charge in [-0.3, -0.25) is 19.3 Å². The molecular formula is C27H23ClF3N3O5S. The highest BCUT2D eigenvalue weighted by Crippen LogP contribution is 2.45. The Morgan fingerprint density at radius 3 is 2.58 bits per heavy atom. The fourth-order valence-corrected chi connectivity index (χ4v) is 6.32. The van der Waals surface area contributed by atoms with Gasteiger partial charge in [0.2, 0.25) is 11.2 Å². The van der Waals surface area contributed by atoms with Crippen LogP contribution in [-0.2, 0) is 15.3 Å². The van der Waals surface area contributed by atoms with E-state index in [2.05, 4.69) is 0 Å². The molecule has 2 aromatic carbocycles. The zero-order valence-electron chi connectivity index (χ0n) is 21.3. The molecule has 0 N–H and O–H groups in total. The van der Waals surface area contributed by atoms with Crippen molar-refractivity contribution in [3.05, 3.63) is 92.4 Å². The number of carbonyl (C=O) groups excluding carboxylic acids is 2. The van der Waals surface area contributed by atoms with Crippen molar-refractivity contribution < 1.29 is 32.2 Å². The normalized spacial score (nSPS) is 17.4. The number of methoxy groups -OCH3 is 1. The van der Waals surface area contributed by atoms with E-state index in [0.29, 0.717) is 15.7 Å². The lowest BCUT2D eigenvalue weighted by atomic mass is 9.94. The number of alkyl halides is 3. The Morgan fingerprint density at radius 2 is 1.85 bits per heavy atom. The van der Waals surface area contributed by atoms with Crippen molar-refractivity contribution in [2.45, 2.75) is 35.8 Å². The summed E-state index contributed by atoms with van der Waals surface area (Å²) in [6.45, 7) is -0.158. The first-order valence-electron chi connectivity index (χ1n) is 12.1. The van der Waals surface area contributed by atoms with E-state index >= 15 is 0 Å². The quantitative estimate of drug-likeness (QED) is 0.395. The molecule has 0 saturated carbocycles. The second kappa shape index (κ2) is 10.8. The third-order valence-electron chi connectivity index (χ3n) is 6.83. The number of hydrogen-bond acceptors (Lipinski definition) is 7. The molecule has 0 radical (unpaired) electrons. The number of pyridine rings is 1. The first-order chi connectivity index (χ1) is 19.0. The van der Waals surface area contributed by atoms with E-state index in [9.17, 15) is 27.6 Å². The summed E-state index contributed by atoms with van der Waals surface area (Å²) in [4.78, 5) is 40.3. The lowest BCUT2D eigenvalue weighted by Gasteiger charge is -2.46. The average Bonchev–Trinajstić information content (AvgIpc) is 3.07. The summed E-state index contributed by atoms with van der Waals surface area (Å²) in [6.07, 6.45) is -3.48. The van der Waals surface area contributed by atoms with Crippen molar-refractivity contribution in [1.29, 1.82) is 0 Å². The maximum atomic E-state index is 14.0. The number of aromatic nitrogens is 1. The van der Waals surface area contributed by atoms with E-state index in [4.69, 9.17) is 21.1 Å². The Bertz CT molecular complexity index is 1550. The molecule has 2 aliphatic rings. The van der Waals surface area contributed by atoms with Gasteiger partial charge in [-0.25, -0.2) is 4.79 Å². The van der Waals surface area contributed by atoms with E-state index in [1.165, 1.54) is 29.7 Å². The Balaban J connectivity index is 1.78. The van der Waals surface area contributed by atoms with Crippen LogP contribution in [0.25, 0.3) is 0 Å². The van der Waals surface area contributed by atoms with Gasteiger partial charge in [0.05, 0.1) is 6.04 Å². The van der Waals surface area contributed by atoms with Crippen LogP contribution in [0.3, 0.4) is 0 Å². The molecule has 210 valence electrons. The van der Waals surface area contributed by atoms with Crippen LogP contribution in [0.15, 0.2) is 64.4 Å². The summed E-state index contributed by atoms with van der Waals surface area (Å²) in [5.74, 6) is -2.26. The molecule has 8 nitrogen and oxygen atoms in total. The Kier molecular flexibility index (Phi) is 7.60. The average molecular weight is 594 g/mol. The van der Waals surface area contributed by atoms with Crippen LogP contribution in [0.5, 0.6) is 5.75 Å². The van der Waals surface area contributed by atoms with Crippen LogP contribution in [0.1, 0.15) is 40.1 Å². The van der Waals surface area contributed by atoms with Crippen molar-refractivity contribution >= 4 is 35.2 Å². The van der Waals surface area contributed by atoms with Gasteiger partial charge in [-0.05, 0) is 35.7 Å². The lowest BCUT2D eigenvalue weighted by molar-refractivity contribution is -0.173. The van der Waals surface area contributed by atoms with Gasteiger partial charge in [0, 0.05) is 35.0 Å². The number of rotatable bonds is 5. The molecule has 0 fully saturated rings. The fraction of sp³-hybridized carbons (Fsp3) is 0.296. The van der Waals surface area contributed by atoms with Gasteiger partial charge in [-0.15, -0.1) is 11.8 Å². The molecule has 0 aliphatic carbocycles. The number of halogens is 4. The monoisotopic (exact) mass is 593 g/mol. The van der Waals surface area contributed by atoms with Gasteiger partial charge in [-0.2, -0.15) is 13.2 Å². The predicted molar refractivity (Wildman–Crippen MR) is 142 cm³/mol. The van der Waals surface area contributed by atoms with Gasteiger partial charge in [0.1, 0.15) is 19.3 Å². The number of esters is 1. The van der Waals surface area contributed by atoms with E-state index in [1.807, 2.05) is 30.3 Å². The van der Waals surface area contributed by atoms with Crippen LogP contribution in [0.2, 0.25) is 5.02 Å². The van der Waals surface area contributed by atoms with Gasteiger partial charge in [0.25, 0.3) is 5.91 Å². The first-order valence-corrected chi connectivity index (χ1v) is 13.5. The second-order valence-corrected chi connectivity index (χ2v) is 10.6. The van der Waals surface area contributed by atoms with Crippen molar-refractivity contribution in [3.8, 4) is 5.75 Å². The molecule has 0 bridgehead atoms. The number of hydrogen-bond donors (Lipinski definition) is 0. The van der Waals surface area contributed by atoms with E-state index < -0.39 is 60.3 Å². The molecule has 0 spiro atoms. The number of thioether (sulfide) groups is 1. The molecule has 2 aliphatic heterocycles. The maximum absolute atomic E-state index is 14.0. The van der Waals surface area contributed by atoms with Gasteiger partial charge < -0.3 is 14.4 Å². The summed E-state index contributed by atoms with van der Waals surface area (Å²) in [6, 6.07) is 10.9. The minimum atomic E-state index is -4.77. The number of fused-ring (bicyclic) bond motifs is 3. The summed E-state index contributed by atoms with van der Waals surface area (Å²) >= 11 is 8.13. The van der Waals surface area contributed by atoms with Crippen LogP contribution in [0, 0.1) is 0 Å². The summed E-state index contributed by atoms with van der Waals surface area (Å²) in [5.41, 5.74) is 0.937. The second-order valence-electron chi connectivity index (χ2n) is 9.22. The molecule has 13 heteroatoms. The molecule has 2 atom stereocenters. The van der Waals surface area contributed by atoms with Crippen molar-refractivity contribution in [2.75, 3.05) is 25.4 Å². The zero-order valence-corrected chi connectivity index (χ0v) is 22.8. The van der Waals surface area contributed by atoms with Crippen molar-refractivity contribution in [3.63, 3.8) is 0 Å². The SMILES string of the molecule is COCC(=O)Oc1c2n(ccc1=O)N([C@@H]1c3ccccc3SCc3c(Cl)cccc31)CN([C@H](C)C(F)(F)F)C2=O. The lowest BCUT2D eigenvalue weighted by Crippen LogP contribution is -2.60. The van der Waals surface area contributed by atoms with E-state index in [-0.39, 0.29) is 0 Å². The standard InChI is InChI=1S/C27H23ClF3N3O5S/c1-15(27(29,30)31)32-14-34(33-11-10-20(35)25(24(33)26(32)37)39-22(36)12-38-2)23-16-7-5-8-19(28)18(16)13-40-21-9-4-3-6-17(21)23/h3-11,15,23H,12-14H2,1-2H3/t15-,23+/m1/s1. The Morgan fingerprint density at radius 1 is 1.12 bits per heavy atom. The molecule has 5 rings (SSSR count). The van der Waals surface area contributed by atoms with Crippen LogP contribution < -0.4 is 15.2 Å². The topological polar surface area (TPSA) is 81.1 Å². The largest absolute Gasteiger partial charge is 0.418 e. The molecular weight excluding hydrogens is 571 g/mol. The fourth-order valence-electron chi connectivity index (χ4n) is 4.84. The van der Waals surface area contributed by atoms with Gasteiger partial charge in [-0.1, -0.05) is 41.9 Å². The Labute approximate surface area is 236 Å². The van der Waals surface area contributed by atoms with E-state index in [1.54, 1.807) is 17.1 Å². The van der Waals surface area contributed by atoms with Gasteiger partial charge in [0.15, 0.2) is 5.69 Å². The molecule has 3 heterocycles. The third-order valence-corrected chi connectivity index (χ3v) is 8.30. The number of amides is 1. The molecule has 0 saturated heterocycles. The number of carbonyl (C=O) groups is 2. The molecule has 1 amide bonds. The van der Waals surface area contributed by atoms with Gasteiger partial charge >= 0.3 is 12.1 Å². The minimum Gasteiger partial charge on any atom is -0.418 e. The highest BCUT2D eigenvalue weighted by molar-refractivity contribution is 7.98. The molecule has 3 aromatic rings. The number of ether oxygens (including phenoxy) is 2. The first kappa shape index (κ1) is 28.1. The van der Waals surface area contributed by atoms with Crippen molar-refractivity contribution in [2.24, 2.45) is 0 Å².